The molecular formula is C20H25N3O2. The summed E-state index contributed by atoms with van der Waals surface area (Å²) in [5.41, 5.74) is 2.56. The third-order valence-corrected chi connectivity index (χ3v) is 4.72. The molecule has 0 spiro atoms. The first-order valence-corrected chi connectivity index (χ1v) is 8.85. The lowest BCUT2D eigenvalue weighted by atomic mass is 9.92. The largest absolute Gasteiger partial charge is 0.341 e. The van der Waals surface area contributed by atoms with Crippen LogP contribution in [-0.4, -0.2) is 33.7 Å². The summed E-state index contributed by atoms with van der Waals surface area (Å²) in [5.74, 6) is 0.960. The van der Waals surface area contributed by atoms with Gasteiger partial charge in [-0.05, 0) is 31.2 Å². The zero-order valence-corrected chi connectivity index (χ0v) is 15.1. The van der Waals surface area contributed by atoms with Crippen LogP contribution in [0.15, 0.2) is 41.2 Å². The van der Waals surface area contributed by atoms with Crippen molar-refractivity contribution in [2.75, 3.05) is 13.1 Å². The topological polar surface area (TPSA) is 55.2 Å². The summed E-state index contributed by atoms with van der Waals surface area (Å²) in [6, 6.07) is 11.2. The number of rotatable bonds is 3. The van der Waals surface area contributed by atoms with Gasteiger partial charge in [0.2, 0.25) is 5.91 Å². The molecule has 1 saturated heterocycles. The third kappa shape index (κ3) is 4.16. The first-order chi connectivity index (χ1) is 11.9. The van der Waals surface area contributed by atoms with Gasteiger partial charge in [0.25, 0.3) is 5.56 Å². The van der Waals surface area contributed by atoms with Crippen LogP contribution >= 0.6 is 0 Å². The van der Waals surface area contributed by atoms with Gasteiger partial charge in [0.1, 0.15) is 6.54 Å². The summed E-state index contributed by atoms with van der Waals surface area (Å²) < 4.78 is 1.28. The maximum Gasteiger partial charge on any atom is 0.267 e. The van der Waals surface area contributed by atoms with Gasteiger partial charge >= 0.3 is 0 Å². The van der Waals surface area contributed by atoms with E-state index in [1.807, 2.05) is 36.1 Å². The number of aromatic nitrogens is 2. The highest BCUT2D eigenvalue weighted by atomic mass is 16.2. The van der Waals surface area contributed by atoms with Gasteiger partial charge in [0.15, 0.2) is 0 Å². The van der Waals surface area contributed by atoms with E-state index in [0.29, 0.717) is 17.5 Å². The Labute approximate surface area is 148 Å². The fourth-order valence-electron chi connectivity index (χ4n) is 3.54. The van der Waals surface area contributed by atoms with E-state index in [2.05, 4.69) is 18.9 Å². The number of hydrogen-bond donors (Lipinski definition) is 0. The SMILES string of the molecule is Cc1ccc(-c2ccc(=O)n(CC(=O)N3C[C@@H](C)C[C@H](C)C3)n2)cc1. The average molecular weight is 339 g/mol. The van der Waals surface area contributed by atoms with E-state index in [1.54, 1.807) is 6.07 Å². The van der Waals surface area contributed by atoms with Gasteiger partial charge < -0.3 is 4.90 Å². The Balaban J connectivity index is 1.80. The Morgan fingerprint density at radius 1 is 1.08 bits per heavy atom. The van der Waals surface area contributed by atoms with Crippen molar-refractivity contribution in [3.05, 3.63) is 52.3 Å². The number of hydrogen-bond acceptors (Lipinski definition) is 3. The molecule has 0 bridgehead atoms. The fourth-order valence-corrected chi connectivity index (χ4v) is 3.54. The molecule has 2 heterocycles. The molecule has 0 saturated carbocycles. The van der Waals surface area contributed by atoms with Crippen LogP contribution in [0.3, 0.4) is 0 Å². The smallest absolute Gasteiger partial charge is 0.267 e. The van der Waals surface area contributed by atoms with Crippen molar-refractivity contribution in [1.82, 2.24) is 14.7 Å². The Kier molecular flexibility index (Phi) is 5.02. The lowest BCUT2D eigenvalue weighted by molar-refractivity contribution is -0.134. The van der Waals surface area contributed by atoms with Crippen molar-refractivity contribution in [3.8, 4) is 11.3 Å². The maximum absolute atomic E-state index is 12.6. The van der Waals surface area contributed by atoms with E-state index in [1.165, 1.54) is 16.3 Å². The summed E-state index contributed by atoms with van der Waals surface area (Å²) in [4.78, 5) is 26.6. The number of piperidine rings is 1. The van der Waals surface area contributed by atoms with Crippen LogP contribution in [-0.2, 0) is 11.3 Å². The zero-order valence-electron chi connectivity index (χ0n) is 15.1. The van der Waals surface area contributed by atoms with E-state index >= 15 is 0 Å². The molecule has 3 rings (SSSR count). The molecule has 1 aromatic carbocycles. The molecule has 2 atom stereocenters. The van der Waals surface area contributed by atoms with E-state index < -0.39 is 0 Å². The molecule has 1 fully saturated rings. The Morgan fingerprint density at radius 3 is 2.36 bits per heavy atom. The fraction of sp³-hybridized carbons (Fsp3) is 0.450. The van der Waals surface area contributed by atoms with Crippen LogP contribution < -0.4 is 5.56 Å². The van der Waals surface area contributed by atoms with Crippen molar-refractivity contribution in [2.45, 2.75) is 33.7 Å². The molecule has 1 aliphatic heterocycles. The number of benzene rings is 1. The minimum Gasteiger partial charge on any atom is -0.341 e. The number of amides is 1. The molecule has 132 valence electrons. The summed E-state index contributed by atoms with van der Waals surface area (Å²) in [5, 5.41) is 4.40. The molecule has 1 aliphatic rings. The monoisotopic (exact) mass is 339 g/mol. The van der Waals surface area contributed by atoms with E-state index in [4.69, 9.17) is 0 Å². The van der Waals surface area contributed by atoms with Gasteiger partial charge in [-0.25, -0.2) is 4.68 Å². The van der Waals surface area contributed by atoms with Crippen LogP contribution in [0.4, 0.5) is 0 Å². The van der Waals surface area contributed by atoms with Gasteiger partial charge in [-0.1, -0.05) is 43.7 Å². The van der Waals surface area contributed by atoms with Crippen LogP contribution in [0.5, 0.6) is 0 Å². The van der Waals surface area contributed by atoms with Crippen molar-refractivity contribution in [2.24, 2.45) is 11.8 Å². The second-order valence-electron chi connectivity index (χ2n) is 7.33. The molecular weight excluding hydrogens is 314 g/mol. The number of carbonyl (C=O) groups is 1. The highest BCUT2D eigenvalue weighted by Gasteiger charge is 2.25. The summed E-state index contributed by atoms with van der Waals surface area (Å²) in [6.45, 7) is 7.87. The normalized spacial score (nSPS) is 20.5. The molecule has 5 heteroatoms. The van der Waals surface area contributed by atoms with Gasteiger partial charge in [-0.3, -0.25) is 9.59 Å². The summed E-state index contributed by atoms with van der Waals surface area (Å²) >= 11 is 0. The minimum absolute atomic E-state index is 0.00201. The molecule has 0 aliphatic carbocycles. The van der Waals surface area contributed by atoms with E-state index in [9.17, 15) is 9.59 Å². The first-order valence-electron chi connectivity index (χ1n) is 8.85. The third-order valence-electron chi connectivity index (χ3n) is 4.72. The summed E-state index contributed by atoms with van der Waals surface area (Å²) in [6.07, 6.45) is 1.14. The lowest BCUT2D eigenvalue weighted by Crippen LogP contribution is -2.45. The Hall–Kier alpha value is -2.43. The minimum atomic E-state index is -0.248. The first kappa shape index (κ1) is 17.4. The molecule has 0 N–H and O–H groups in total. The van der Waals surface area contributed by atoms with E-state index in [-0.39, 0.29) is 18.0 Å². The van der Waals surface area contributed by atoms with Crippen LogP contribution in [0.1, 0.15) is 25.8 Å². The van der Waals surface area contributed by atoms with Crippen LogP contribution in [0, 0.1) is 18.8 Å². The quantitative estimate of drug-likeness (QED) is 0.864. The predicted molar refractivity (Wildman–Crippen MR) is 98.2 cm³/mol. The predicted octanol–water partition coefficient (Wildman–Crippen LogP) is 2.72. The van der Waals surface area contributed by atoms with Crippen molar-refractivity contribution < 1.29 is 4.79 Å². The summed E-state index contributed by atoms with van der Waals surface area (Å²) in [7, 11) is 0. The molecule has 1 amide bonds. The number of likely N-dealkylation sites (tertiary alicyclic amines) is 1. The van der Waals surface area contributed by atoms with Crippen molar-refractivity contribution in [3.63, 3.8) is 0 Å². The maximum atomic E-state index is 12.6. The molecule has 0 radical (unpaired) electrons. The second-order valence-corrected chi connectivity index (χ2v) is 7.33. The average Bonchev–Trinajstić information content (AvgIpc) is 2.56. The highest BCUT2D eigenvalue weighted by Crippen LogP contribution is 2.21. The molecule has 5 nitrogen and oxygen atoms in total. The van der Waals surface area contributed by atoms with Crippen LogP contribution in [0.2, 0.25) is 0 Å². The Morgan fingerprint density at radius 2 is 1.72 bits per heavy atom. The van der Waals surface area contributed by atoms with Gasteiger partial charge in [-0.15, -0.1) is 0 Å². The molecule has 1 aromatic heterocycles. The van der Waals surface area contributed by atoms with Gasteiger partial charge in [-0.2, -0.15) is 5.10 Å². The molecule has 0 unspecified atom stereocenters. The van der Waals surface area contributed by atoms with Crippen LogP contribution in [0.25, 0.3) is 11.3 Å². The second kappa shape index (κ2) is 7.21. The van der Waals surface area contributed by atoms with E-state index in [0.717, 1.165) is 25.1 Å². The Bertz CT molecular complexity index is 800. The highest BCUT2D eigenvalue weighted by molar-refractivity contribution is 5.76. The number of aryl methyl sites for hydroxylation is 1. The van der Waals surface area contributed by atoms with Gasteiger partial charge in [0.05, 0.1) is 5.69 Å². The zero-order chi connectivity index (χ0) is 18.0. The standard InChI is InChI=1S/C20H25N3O2/c1-14-4-6-17(7-5-14)18-8-9-19(24)23(21-18)13-20(25)22-11-15(2)10-16(3)12-22/h4-9,15-16H,10-13H2,1-3H3/t15-,16-/m0/s1. The molecule has 25 heavy (non-hydrogen) atoms. The van der Waals surface area contributed by atoms with Crippen molar-refractivity contribution in [1.29, 1.82) is 0 Å². The number of nitrogens with zero attached hydrogens (tertiary/aromatic N) is 3. The molecule has 2 aromatic rings. The lowest BCUT2D eigenvalue weighted by Gasteiger charge is -2.35. The number of carbonyl (C=O) groups excluding carboxylic acids is 1. The van der Waals surface area contributed by atoms with Crippen molar-refractivity contribution >= 4 is 5.91 Å². The van der Waals surface area contributed by atoms with Gasteiger partial charge in [0, 0.05) is 24.7 Å².